The summed E-state index contributed by atoms with van der Waals surface area (Å²) >= 11 is 0. The Morgan fingerprint density at radius 3 is 1.36 bits per heavy atom. The van der Waals surface area contributed by atoms with E-state index >= 15 is 0 Å². The normalized spacial score (nSPS) is 7.12. The van der Waals surface area contributed by atoms with Crippen LogP contribution in [0, 0.1) is 6.92 Å². The van der Waals surface area contributed by atoms with E-state index in [0.29, 0.717) is 5.57 Å². The number of hydrogen-bond donors (Lipinski definition) is 1. The zero-order valence-corrected chi connectivity index (χ0v) is 21.6. The van der Waals surface area contributed by atoms with Gasteiger partial charge in [0.1, 0.15) is 0 Å². The molecule has 0 bridgehead atoms. The zero-order valence-electron chi connectivity index (χ0n) is 21.6. The Morgan fingerprint density at radius 1 is 0.909 bits per heavy atom. The predicted molar refractivity (Wildman–Crippen MR) is 145 cm³/mol. The van der Waals surface area contributed by atoms with E-state index in [0.717, 1.165) is 0 Å². The molecule has 33 heavy (non-hydrogen) atoms. The lowest BCUT2D eigenvalue weighted by atomic mass is 10.2. The van der Waals surface area contributed by atoms with Gasteiger partial charge in [-0.2, -0.15) is 0 Å². The molecule has 1 aromatic carbocycles. The fourth-order valence-corrected chi connectivity index (χ4v) is 0.805. The number of rotatable bonds is 5. The molecule has 5 heteroatoms. The molecule has 0 fully saturated rings. The van der Waals surface area contributed by atoms with Crippen molar-refractivity contribution in [3.05, 3.63) is 105 Å². The summed E-state index contributed by atoms with van der Waals surface area (Å²) in [6.45, 7) is 28.7. The van der Waals surface area contributed by atoms with E-state index in [1.807, 2.05) is 13.0 Å². The first-order valence-electron chi connectivity index (χ1n) is 9.92. The van der Waals surface area contributed by atoms with Gasteiger partial charge in [-0.25, -0.2) is 0 Å². The second-order valence-electron chi connectivity index (χ2n) is 5.90. The summed E-state index contributed by atoms with van der Waals surface area (Å²) in [6, 6.07) is 8.28. The fraction of sp³-hybridized carbons (Fsp3) is 0.250. The number of methoxy groups -OCH3 is 1. The second kappa shape index (κ2) is 32.9. The highest BCUT2D eigenvalue weighted by molar-refractivity contribution is 5.91. The summed E-state index contributed by atoms with van der Waals surface area (Å²) in [6.07, 6.45) is 7.47. The molecule has 0 spiro atoms. The van der Waals surface area contributed by atoms with Crippen molar-refractivity contribution in [1.29, 1.82) is 0 Å². The molecular weight excluding hydrogens is 414 g/mol. The topological polar surface area (TPSA) is 72.5 Å². The molecule has 0 aliphatic heterocycles. The van der Waals surface area contributed by atoms with Crippen LogP contribution >= 0.6 is 0 Å². The Morgan fingerprint density at radius 2 is 1.24 bits per heavy atom. The Labute approximate surface area is 201 Å². The molecular formula is C28H43NO4. The Balaban J connectivity index is -0.0000000988. The number of carbonyl (C=O) groups is 3. The van der Waals surface area contributed by atoms with Gasteiger partial charge < -0.3 is 10.1 Å². The molecule has 0 aromatic heterocycles. The van der Waals surface area contributed by atoms with Crippen molar-refractivity contribution in [2.75, 3.05) is 14.2 Å². The number of Topliss-reactive ketones (excluding diaryl/α,β-unsaturated/α-hetero) is 1. The smallest absolute Gasteiger partial charge is 0.243 e. The van der Waals surface area contributed by atoms with E-state index in [1.54, 1.807) is 27.2 Å². The Kier molecular flexibility index (Phi) is 39.6. The fourth-order valence-electron chi connectivity index (χ4n) is 0.805. The van der Waals surface area contributed by atoms with Crippen molar-refractivity contribution in [1.82, 2.24) is 5.32 Å². The lowest BCUT2D eigenvalue weighted by Crippen LogP contribution is -2.13. The van der Waals surface area contributed by atoms with Gasteiger partial charge in [0.25, 0.3) is 0 Å². The lowest BCUT2D eigenvalue weighted by molar-refractivity contribution is -0.116. The summed E-state index contributed by atoms with van der Waals surface area (Å²) in [7, 11) is 3.12. The molecule has 1 amide bonds. The van der Waals surface area contributed by atoms with Gasteiger partial charge >= 0.3 is 0 Å². The van der Waals surface area contributed by atoms with Crippen LogP contribution in [0.3, 0.4) is 0 Å². The molecule has 0 unspecified atom stereocenters. The first kappa shape index (κ1) is 39.7. The molecule has 1 aromatic rings. The maximum absolute atomic E-state index is 10.0. The van der Waals surface area contributed by atoms with Crippen molar-refractivity contribution in [2.45, 2.75) is 34.6 Å². The highest BCUT2D eigenvalue weighted by Crippen LogP contribution is 2.02. The monoisotopic (exact) mass is 457 g/mol. The van der Waals surface area contributed by atoms with Crippen molar-refractivity contribution < 1.29 is 19.1 Å². The minimum atomic E-state index is -0.144. The van der Waals surface area contributed by atoms with Gasteiger partial charge in [0.05, 0.1) is 13.4 Å². The number of hydrogen-bond acceptors (Lipinski definition) is 4. The largest absolute Gasteiger partial charge is 0.505 e. The number of aryl methyl sites for hydroxylation is 1. The van der Waals surface area contributed by atoms with Crippen LogP contribution in [0.2, 0.25) is 0 Å². The van der Waals surface area contributed by atoms with Crippen molar-refractivity contribution in [3.63, 3.8) is 0 Å². The molecule has 0 saturated carbocycles. The molecule has 0 saturated heterocycles. The van der Waals surface area contributed by atoms with Gasteiger partial charge in [0.15, 0.2) is 11.6 Å². The molecule has 184 valence electrons. The van der Waals surface area contributed by atoms with Crippen LogP contribution in [-0.4, -0.2) is 31.6 Å². The van der Waals surface area contributed by atoms with E-state index in [2.05, 4.69) is 80.7 Å². The molecule has 0 aliphatic rings. The number of ether oxygens (including phenoxy) is 1. The number of allylic oxidation sites excluding steroid dienone is 3. The predicted octanol–water partition coefficient (Wildman–Crippen LogP) is 6.44. The van der Waals surface area contributed by atoms with Crippen molar-refractivity contribution in [3.8, 4) is 0 Å². The SMILES string of the molecule is C=C(C)C(C)=O.C=CC.C=CC(=O)NC.C=CC(C)=O.C=COC.C=Cc1ccc(C)cc1. The number of likely N-dealkylation sites (N-methyl/N-ethyl adjacent to an activating group) is 1. The molecule has 0 radical (unpaired) electrons. The van der Waals surface area contributed by atoms with Crippen LogP contribution in [0.4, 0.5) is 0 Å². The van der Waals surface area contributed by atoms with Crippen LogP contribution in [-0.2, 0) is 19.1 Å². The van der Waals surface area contributed by atoms with Crippen LogP contribution in [0.1, 0.15) is 38.8 Å². The molecule has 0 aliphatic carbocycles. The number of benzene rings is 1. The first-order valence-corrected chi connectivity index (χ1v) is 9.92. The number of nitrogens with one attached hydrogen (secondary N) is 1. The maximum atomic E-state index is 10.0. The average Bonchev–Trinajstić information content (AvgIpc) is 2.80. The van der Waals surface area contributed by atoms with Gasteiger partial charge in [-0.15, -0.1) is 6.58 Å². The number of amides is 1. The lowest BCUT2D eigenvalue weighted by Gasteiger charge is -1.91. The van der Waals surface area contributed by atoms with Crippen LogP contribution in [0.15, 0.2) is 93.8 Å². The van der Waals surface area contributed by atoms with Crippen molar-refractivity contribution >= 4 is 23.5 Å². The molecule has 0 heterocycles. The minimum Gasteiger partial charge on any atom is -0.505 e. The summed E-state index contributed by atoms with van der Waals surface area (Å²) in [4.78, 5) is 29.7. The molecule has 0 atom stereocenters. The van der Waals surface area contributed by atoms with Gasteiger partial charge in [0, 0.05) is 7.05 Å². The molecule has 5 nitrogen and oxygen atoms in total. The van der Waals surface area contributed by atoms with Crippen LogP contribution < -0.4 is 5.32 Å². The van der Waals surface area contributed by atoms with E-state index in [1.165, 1.54) is 43.4 Å². The third kappa shape index (κ3) is 52.5. The standard InChI is InChI=1S/C9H10.C5H8O.C4H7NO.C4H6O.C3H6O.C3H6/c1-3-9-6-4-8(2)5-7-9;1-4(2)5(3)6;1-3-4(6)5-2;1-3-4(2)5;1-3-4-2;1-3-2/h3-7H,1H2,2H3;1H2,2-3H3;3H,1H2,2H3,(H,5,6);3H,1H2,2H3;3H,1H2,2H3;3H,1H2,2H3. The highest BCUT2D eigenvalue weighted by atomic mass is 16.5. The first-order chi connectivity index (χ1) is 15.4. The third-order valence-electron chi connectivity index (χ3n) is 2.80. The zero-order chi connectivity index (χ0) is 27.2. The Bertz CT molecular complexity index is 699. The minimum absolute atomic E-state index is 0.0185. The van der Waals surface area contributed by atoms with E-state index < -0.39 is 0 Å². The van der Waals surface area contributed by atoms with Gasteiger partial charge in [-0.3, -0.25) is 14.4 Å². The van der Waals surface area contributed by atoms with Crippen LogP contribution in [0.5, 0.6) is 0 Å². The maximum Gasteiger partial charge on any atom is 0.243 e. The summed E-state index contributed by atoms with van der Waals surface area (Å²) < 4.78 is 4.31. The highest BCUT2D eigenvalue weighted by Gasteiger charge is 1.86. The molecule has 1 rings (SSSR count). The van der Waals surface area contributed by atoms with Gasteiger partial charge in [-0.1, -0.05) is 74.9 Å². The Hall–Kier alpha value is -3.73. The second-order valence-corrected chi connectivity index (χ2v) is 5.90. The number of ketones is 2. The van der Waals surface area contributed by atoms with Crippen molar-refractivity contribution in [2.24, 2.45) is 0 Å². The van der Waals surface area contributed by atoms with E-state index in [4.69, 9.17) is 0 Å². The summed E-state index contributed by atoms with van der Waals surface area (Å²) in [5.74, 6) is -0.0602. The molecule has 1 N–H and O–H groups in total. The van der Waals surface area contributed by atoms with E-state index in [9.17, 15) is 14.4 Å². The van der Waals surface area contributed by atoms with E-state index in [-0.39, 0.29) is 17.5 Å². The van der Waals surface area contributed by atoms with Crippen LogP contribution in [0.25, 0.3) is 6.08 Å². The summed E-state index contributed by atoms with van der Waals surface area (Å²) in [5, 5.41) is 2.36. The van der Waals surface area contributed by atoms with Gasteiger partial charge in [-0.05, 0) is 57.9 Å². The number of carbonyl (C=O) groups excluding carboxylic acids is 3. The summed E-state index contributed by atoms with van der Waals surface area (Å²) in [5.41, 5.74) is 3.09. The van der Waals surface area contributed by atoms with Gasteiger partial charge in [0.2, 0.25) is 5.91 Å². The third-order valence-corrected chi connectivity index (χ3v) is 2.80. The average molecular weight is 458 g/mol. The quantitative estimate of drug-likeness (QED) is 0.314.